The number of nitrogens with zero attached hydrogens (tertiary/aromatic N) is 1. The molecule has 2 aliphatic rings. The van der Waals surface area contributed by atoms with Gasteiger partial charge in [-0.25, -0.2) is 5.06 Å². The Labute approximate surface area is 164 Å². The van der Waals surface area contributed by atoms with Crippen molar-refractivity contribution in [2.24, 2.45) is 11.8 Å². The number of carbonyl (C=O) groups is 1. The quantitative estimate of drug-likeness (QED) is 0.264. The summed E-state index contributed by atoms with van der Waals surface area (Å²) in [6.45, 7) is 5.35. The first kappa shape index (κ1) is 22.6. The van der Waals surface area contributed by atoms with Gasteiger partial charge in [-0.2, -0.15) is 0 Å². The molecule has 1 amide bonds. The lowest BCUT2D eigenvalue weighted by Crippen LogP contribution is -2.32. The number of ether oxygens (including phenoxy) is 3. The molecule has 0 unspecified atom stereocenters. The van der Waals surface area contributed by atoms with Crippen molar-refractivity contribution in [1.82, 2.24) is 5.06 Å². The van der Waals surface area contributed by atoms with E-state index in [4.69, 9.17) is 19.4 Å². The highest BCUT2D eigenvalue weighted by atomic mass is 16.5. The second-order valence-corrected chi connectivity index (χ2v) is 8.03. The zero-order valence-corrected chi connectivity index (χ0v) is 17.2. The Morgan fingerprint density at radius 1 is 1.00 bits per heavy atom. The van der Waals surface area contributed by atoms with Gasteiger partial charge in [0, 0.05) is 39.2 Å². The van der Waals surface area contributed by atoms with Gasteiger partial charge in [-0.1, -0.05) is 26.2 Å². The van der Waals surface area contributed by atoms with E-state index in [-0.39, 0.29) is 5.91 Å². The zero-order valence-electron chi connectivity index (χ0n) is 17.2. The smallest absolute Gasteiger partial charge is 0.245 e. The number of hydrogen-bond acceptors (Lipinski definition) is 5. The number of hydroxylamine groups is 2. The van der Waals surface area contributed by atoms with Crippen LogP contribution in [0.3, 0.4) is 0 Å². The van der Waals surface area contributed by atoms with Gasteiger partial charge in [0.1, 0.15) is 0 Å². The summed E-state index contributed by atoms with van der Waals surface area (Å²) in [5.74, 6) is 0.799. The topological polar surface area (TPSA) is 68.2 Å². The highest BCUT2D eigenvalue weighted by Crippen LogP contribution is 2.45. The van der Waals surface area contributed by atoms with Crippen LogP contribution in [-0.2, 0) is 19.0 Å². The van der Waals surface area contributed by atoms with Crippen molar-refractivity contribution in [3.05, 3.63) is 0 Å². The molecule has 2 fully saturated rings. The summed E-state index contributed by atoms with van der Waals surface area (Å²) >= 11 is 0. The summed E-state index contributed by atoms with van der Waals surface area (Å²) < 4.78 is 17.9. The van der Waals surface area contributed by atoms with E-state index in [9.17, 15) is 4.79 Å². The third kappa shape index (κ3) is 7.68. The van der Waals surface area contributed by atoms with Crippen LogP contribution in [0.15, 0.2) is 0 Å². The molecule has 27 heavy (non-hydrogen) atoms. The zero-order chi connectivity index (χ0) is 19.5. The molecule has 0 spiro atoms. The SMILES string of the molecule is CCCCCCOCC[C@H]1[C@@H](COCCCCC(=O)N(C)O)[C@H]2CC[C@@H]1O2. The van der Waals surface area contributed by atoms with Gasteiger partial charge in [-0.05, 0) is 44.4 Å². The Bertz CT molecular complexity index is 417. The minimum atomic E-state index is -0.244. The van der Waals surface area contributed by atoms with Crippen molar-refractivity contribution in [2.45, 2.75) is 83.3 Å². The molecule has 0 aliphatic carbocycles. The van der Waals surface area contributed by atoms with Crippen molar-refractivity contribution < 1.29 is 24.2 Å². The molecule has 2 bridgehead atoms. The molecule has 6 heteroatoms. The lowest BCUT2D eigenvalue weighted by Gasteiger charge is -2.27. The number of hydrogen-bond donors (Lipinski definition) is 1. The van der Waals surface area contributed by atoms with E-state index in [0.29, 0.717) is 42.1 Å². The molecular weight excluding hydrogens is 346 g/mol. The average Bonchev–Trinajstić information content (AvgIpc) is 3.25. The Hall–Kier alpha value is -0.690. The van der Waals surface area contributed by atoms with Crippen molar-refractivity contribution in [3.8, 4) is 0 Å². The Morgan fingerprint density at radius 3 is 2.44 bits per heavy atom. The van der Waals surface area contributed by atoms with E-state index >= 15 is 0 Å². The van der Waals surface area contributed by atoms with Crippen molar-refractivity contribution in [1.29, 1.82) is 0 Å². The van der Waals surface area contributed by atoms with Crippen LogP contribution in [0.4, 0.5) is 0 Å². The van der Waals surface area contributed by atoms with Crippen LogP contribution < -0.4 is 0 Å². The molecule has 0 radical (unpaired) electrons. The molecule has 1 N–H and O–H groups in total. The van der Waals surface area contributed by atoms with E-state index in [2.05, 4.69) is 6.92 Å². The molecule has 0 aromatic carbocycles. The molecule has 6 nitrogen and oxygen atoms in total. The van der Waals surface area contributed by atoms with Crippen LogP contribution >= 0.6 is 0 Å². The van der Waals surface area contributed by atoms with Crippen LogP contribution in [0.25, 0.3) is 0 Å². The molecule has 2 aliphatic heterocycles. The minimum Gasteiger partial charge on any atom is -0.381 e. The predicted molar refractivity (Wildman–Crippen MR) is 104 cm³/mol. The van der Waals surface area contributed by atoms with Gasteiger partial charge < -0.3 is 14.2 Å². The third-order valence-corrected chi connectivity index (χ3v) is 5.93. The Morgan fingerprint density at radius 2 is 1.70 bits per heavy atom. The summed E-state index contributed by atoms with van der Waals surface area (Å²) in [5, 5.41) is 9.68. The fraction of sp³-hybridized carbons (Fsp3) is 0.952. The molecule has 0 saturated carbocycles. The van der Waals surface area contributed by atoms with Crippen LogP contribution in [0.5, 0.6) is 0 Å². The number of unbranched alkanes of at least 4 members (excludes halogenated alkanes) is 4. The molecule has 158 valence electrons. The van der Waals surface area contributed by atoms with E-state index in [1.807, 2.05) is 0 Å². The minimum absolute atomic E-state index is 0.244. The van der Waals surface area contributed by atoms with Crippen LogP contribution in [0, 0.1) is 11.8 Å². The highest BCUT2D eigenvalue weighted by molar-refractivity contribution is 5.74. The number of carbonyl (C=O) groups excluding carboxylic acids is 1. The van der Waals surface area contributed by atoms with Crippen LogP contribution in [0.1, 0.15) is 71.1 Å². The maximum Gasteiger partial charge on any atom is 0.245 e. The molecule has 4 atom stereocenters. The lowest BCUT2D eigenvalue weighted by atomic mass is 9.78. The molecular formula is C21H39NO5. The van der Waals surface area contributed by atoms with E-state index in [0.717, 1.165) is 45.5 Å². The molecule has 2 saturated heterocycles. The second-order valence-electron chi connectivity index (χ2n) is 8.03. The second kappa shape index (κ2) is 12.7. The molecule has 0 aromatic heterocycles. The molecule has 2 heterocycles. The largest absolute Gasteiger partial charge is 0.381 e. The van der Waals surface area contributed by atoms with Crippen LogP contribution in [-0.4, -0.2) is 61.9 Å². The van der Waals surface area contributed by atoms with E-state index in [1.165, 1.54) is 39.2 Å². The van der Waals surface area contributed by atoms with Gasteiger partial charge in [0.25, 0.3) is 0 Å². The number of rotatable bonds is 15. The summed E-state index contributed by atoms with van der Waals surface area (Å²) in [6, 6.07) is 0. The van der Waals surface area contributed by atoms with E-state index in [1.54, 1.807) is 0 Å². The van der Waals surface area contributed by atoms with Gasteiger partial charge in [0.15, 0.2) is 0 Å². The fourth-order valence-corrected chi connectivity index (χ4v) is 4.32. The Kier molecular flexibility index (Phi) is 10.6. The van der Waals surface area contributed by atoms with Crippen molar-refractivity contribution in [2.75, 3.05) is 33.5 Å². The highest BCUT2D eigenvalue weighted by Gasteiger charge is 2.48. The monoisotopic (exact) mass is 385 g/mol. The van der Waals surface area contributed by atoms with Gasteiger partial charge in [0.05, 0.1) is 18.8 Å². The maximum atomic E-state index is 11.3. The maximum absolute atomic E-state index is 11.3. The average molecular weight is 386 g/mol. The summed E-state index contributed by atoms with van der Waals surface area (Å²) in [5.41, 5.74) is 0. The number of fused-ring (bicyclic) bond motifs is 2. The summed E-state index contributed by atoms with van der Waals surface area (Å²) in [6.07, 6.45) is 11.1. The normalized spacial score (nSPS) is 26.6. The first-order valence-electron chi connectivity index (χ1n) is 10.9. The van der Waals surface area contributed by atoms with Crippen molar-refractivity contribution in [3.63, 3.8) is 0 Å². The standard InChI is InChI=1S/C21H39NO5/c1-3-4-5-7-13-25-15-12-17-18(20-11-10-19(17)27-20)16-26-14-8-6-9-21(23)22(2)24/h17-20,24H,3-16H2,1-2H3/t17-,18+,19-,20+/m0/s1. The Balaban J connectivity index is 1.56. The van der Waals surface area contributed by atoms with Gasteiger partial charge in [-0.3, -0.25) is 10.0 Å². The van der Waals surface area contributed by atoms with Gasteiger partial charge >= 0.3 is 0 Å². The van der Waals surface area contributed by atoms with Crippen molar-refractivity contribution >= 4 is 5.91 Å². The fourth-order valence-electron chi connectivity index (χ4n) is 4.32. The van der Waals surface area contributed by atoms with Gasteiger partial charge in [0.2, 0.25) is 5.91 Å². The molecule has 2 rings (SSSR count). The molecule has 0 aromatic rings. The van der Waals surface area contributed by atoms with Gasteiger partial charge in [-0.15, -0.1) is 0 Å². The lowest BCUT2D eigenvalue weighted by molar-refractivity contribution is -0.159. The first-order chi connectivity index (χ1) is 13.1. The summed E-state index contributed by atoms with van der Waals surface area (Å²) in [4.78, 5) is 11.3. The van der Waals surface area contributed by atoms with Crippen LogP contribution in [0.2, 0.25) is 0 Å². The third-order valence-electron chi connectivity index (χ3n) is 5.93. The predicted octanol–water partition coefficient (Wildman–Crippen LogP) is 3.80. The number of amides is 1. The first-order valence-corrected chi connectivity index (χ1v) is 10.9. The van der Waals surface area contributed by atoms with E-state index < -0.39 is 0 Å². The summed E-state index contributed by atoms with van der Waals surface area (Å²) in [7, 11) is 1.36.